The van der Waals surface area contributed by atoms with Crippen LogP contribution in [0.1, 0.15) is 26.7 Å². The Hall–Kier alpha value is -2.14. The fourth-order valence-electron chi connectivity index (χ4n) is 3.28. The van der Waals surface area contributed by atoms with Crippen molar-refractivity contribution in [1.29, 1.82) is 0 Å². The van der Waals surface area contributed by atoms with Gasteiger partial charge in [0.15, 0.2) is 0 Å². The molecule has 1 heterocycles. The Kier molecular flexibility index (Phi) is 7.85. The van der Waals surface area contributed by atoms with Gasteiger partial charge in [0.2, 0.25) is 11.8 Å². The molecule has 0 aliphatic carbocycles. The SMILES string of the molecule is C=CCN(C(=O)CN1CCCC(CNC(=O)C(C)C)C1)c1ccccc1. The number of carbonyl (C=O) groups excluding carboxylic acids is 2. The van der Waals surface area contributed by atoms with E-state index in [4.69, 9.17) is 0 Å². The van der Waals surface area contributed by atoms with Crippen molar-refractivity contribution in [2.45, 2.75) is 26.7 Å². The fourth-order valence-corrected chi connectivity index (χ4v) is 3.28. The molecule has 142 valence electrons. The number of rotatable bonds is 8. The van der Waals surface area contributed by atoms with Crippen molar-refractivity contribution in [2.24, 2.45) is 11.8 Å². The average molecular weight is 357 g/mol. The van der Waals surface area contributed by atoms with Crippen molar-refractivity contribution >= 4 is 17.5 Å². The van der Waals surface area contributed by atoms with Crippen LogP contribution in [0.4, 0.5) is 5.69 Å². The van der Waals surface area contributed by atoms with Gasteiger partial charge < -0.3 is 10.2 Å². The summed E-state index contributed by atoms with van der Waals surface area (Å²) in [6, 6.07) is 9.71. The summed E-state index contributed by atoms with van der Waals surface area (Å²) in [6.07, 6.45) is 3.91. The molecule has 1 aromatic carbocycles. The van der Waals surface area contributed by atoms with Gasteiger partial charge in [0.25, 0.3) is 0 Å². The number of para-hydroxylation sites is 1. The van der Waals surface area contributed by atoms with E-state index < -0.39 is 0 Å². The maximum absolute atomic E-state index is 12.8. The van der Waals surface area contributed by atoms with E-state index in [1.165, 1.54) is 0 Å². The lowest BCUT2D eigenvalue weighted by atomic mass is 9.97. The maximum Gasteiger partial charge on any atom is 0.241 e. The van der Waals surface area contributed by atoms with Crippen molar-refractivity contribution in [1.82, 2.24) is 10.2 Å². The van der Waals surface area contributed by atoms with Crippen LogP contribution in [0.3, 0.4) is 0 Å². The topological polar surface area (TPSA) is 52.7 Å². The molecular formula is C21H31N3O2. The zero-order valence-electron chi connectivity index (χ0n) is 16.0. The predicted molar refractivity (Wildman–Crippen MR) is 106 cm³/mol. The molecule has 1 aliphatic heterocycles. The first-order chi connectivity index (χ1) is 12.5. The highest BCUT2D eigenvalue weighted by Gasteiger charge is 2.24. The number of nitrogens with one attached hydrogen (secondary N) is 1. The third-order valence-corrected chi connectivity index (χ3v) is 4.73. The van der Waals surface area contributed by atoms with Gasteiger partial charge in [0.1, 0.15) is 0 Å². The minimum absolute atomic E-state index is 0.00889. The maximum atomic E-state index is 12.8. The van der Waals surface area contributed by atoms with Crippen LogP contribution < -0.4 is 10.2 Å². The molecule has 0 bridgehead atoms. The highest BCUT2D eigenvalue weighted by atomic mass is 16.2. The Morgan fingerprint density at radius 1 is 1.35 bits per heavy atom. The Morgan fingerprint density at radius 3 is 2.73 bits per heavy atom. The normalized spacial score (nSPS) is 17.7. The number of hydrogen-bond donors (Lipinski definition) is 1. The highest BCUT2D eigenvalue weighted by Crippen LogP contribution is 2.18. The average Bonchev–Trinajstić information content (AvgIpc) is 2.65. The third-order valence-electron chi connectivity index (χ3n) is 4.73. The van der Waals surface area contributed by atoms with Crippen molar-refractivity contribution in [2.75, 3.05) is 37.6 Å². The molecule has 5 nitrogen and oxygen atoms in total. The molecule has 1 aliphatic rings. The molecule has 26 heavy (non-hydrogen) atoms. The molecule has 1 aromatic rings. The highest BCUT2D eigenvalue weighted by molar-refractivity contribution is 5.95. The van der Waals surface area contributed by atoms with E-state index in [-0.39, 0.29) is 17.7 Å². The molecule has 1 saturated heterocycles. The first-order valence-corrected chi connectivity index (χ1v) is 9.47. The number of likely N-dealkylation sites (tertiary alicyclic amines) is 1. The molecule has 0 spiro atoms. The van der Waals surface area contributed by atoms with E-state index in [1.54, 1.807) is 11.0 Å². The molecule has 1 unspecified atom stereocenters. The number of benzene rings is 1. The standard InChI is InChI=1S/C21H31N3O2/c1-4-12-24(19-10-6-5-7-11-19)20(25)16-23-13-8-9-18(15-23)14-22-21(26)17(2)3/h4-7,10-11,17-18H,1,8-9,12-16H2,2-3H3,(H,22,26). The van der Waals surface area contributed by atoms with Crippen LogP contribution in [0, 0.1) is 11.8 Å². The summed E-state index contributed by atoms with van der Waals surface area (Å²) in [5.41, 5.74) is 0.898. The summed E-state index contributed by atoms with van der Waals surface area (Å²) in [4.78, 5) is 28.6. The Labute approximate surface area is 157 Å². The van der Waals surface area contributed by atoms with Crippen LogP contribution >= 0.6 is 0 Å². The third kappa shape index (κ3) is 5.99. The predicted octanol–water partition coefficient (Wildman–Crippen LogP) is 2.69. The monoisotopic (exact) mass is 357 g/mol. The van der Waals surface area contributed by atoms with Crippen LogP contribution in [0.2, 0.25) is 0 Å². The first-order valence-electron chi connectivity index (χ1n) is 9.47. The van der Waals surface area contributed by atoms with E-state index in [0.29, 0.717) is 25.6 Å². The van der Waals surface area contributed by atoms with Gasteiger partial charge in [-0.15, -0.1) is 6.58 Å². The van der Waals surface area contributed by atoms with Gasteiger partial charge in [-0.2, -0.15) is 0 Å². The molecule has 1 fully saturated rings. The van der Waals surface area contributed by atoms with Crippen LogP contribution in [-0.2, 0) is 9.59 Å². The molecule has 0 radical (unpaired) electrons. The lowest BCUT2D eigenvalue weighted by Crippen LogP contribution is -2.46. The molecular weight excluding hydrogens is 326 g/mol. The van der Waals surface area contributed by atoms with E-state index in [2.05, 4.69) is 16.8 Å². The second-order valence-corrected chi connectivity index (χ2v) is 7.27. The van der Waals surface area contributed by atoms with Crippen LogP contribution in [0.25, 0.3) is 0 Å². The van der Waals surface area contributed by atoms with Crippen molar-refractivity contribution in [3.8, 4) is 0 Å². The Balaban J connectivity index is 1.90. The lowest BCUT2D eigenvalue weighted by molar-refractivity contribution is -0.124. The van der Waals surface area contributed by atoms with Crippen molar-refractivity contribution in [3.63, 3.8) is 0 Å². The number of nitrogens with zero attached hydrogens (tertiary/aromatic N) is 2. The van der Waals surface area contributed by atoms with Crippen LogP contribution in [-0.4, -0.2) is 49.4 Å². The second-order valence-electron chi connectivity index (χ2n) is 7.27. The molecule has 5 heteroatoms. The van der Waals surface area contributed by atoms with E-state index >= 15 is 0 Å². The number of carbonyl (C=O) groups is 2. The van der Waals surface area contributed by atoms with Gasteiger partial charge in [-0.3, -0.25) is 14.5 Å². The zero-order valence-corrected chi connectivity index (χ0v) is 16.0. The summed E-state index contributed by atoms with van der Waals surface area (Å²) in [7, 11) is 0. The molecule has 0 aromatic heterocycles. The Morgan fingerprint density at radius 2 is 2.08 bits per heavy atom. The molecule has 0 saturated carbocycles. The molecule has 2 rings (SSSR count). The van der Waals surface area contributed by atoms with E-state index in [9.17, 15) is 9.59 Å². The molecule has 1 atom stereocenters. The summed E-state index contributed by atoms with van der Waals surface area (Å²) < 4.78 is 0. The zero-order chi connectivity index (χ0) is 18.9. The lowest BCUT2D eigenvalue weighted by Gasteiger charge is -2.34. The second kappa shape index (κ2) is 10.1. The summed E-state index contributed by atoms with van der Waals surface area (Å²) in [6.45, 7) is 10.9. The molecule has 1 N–H and O–H groups in total. The van der Waals surface area contributed by atoms with Gasteiger partial charge in [0, 0.05) is 31.2 Å². The first kappa shape index (κ1) is 20.2. The minimum atomic E-state index is 0.00889. The largest absolute Gasteiger partial charge is 0.356 e. The number of amides is 2. The fraction of sp³-hybridized carbons (Fsp3) is 0.524. The smallest absolute Gasteiger partial charge is 0.241 e. The molecule has 2 amide bonds. The van der Waals surface area contributed by atoms with Gasteiger partial charge >= 0.3 is 0 Å². The van der Waals surface area contributed by atoms with Gasteiger partial charge in [-0.25, -0.2) is 0 Å². The Bertz CT molecular complexity index is 601. The van der Waals surface area contributed by atoms with Crippen LogP contribution in [0.5, 0.6) is 0 Å². The van der Waals surface area contributed by atoms with Crippen molar-refractivity contribution < 1.29 is 9.59 Å². The number of hydrogen-bond acceptors (Lipinski definition) is 3. The van der Waals surface area contributed by atoms with E-state index in [1.807, 2.05) is 44.2 Å². The minimum Gasteiger partial charge on any atom is -0.356 e. The van der Waals surface area contributed by atoms with Gasteiger partial charge in [-0.1, -0.05) is 38.1 Å². The summed E-state index contributed by atoms with van der Waals surface area (Å²) in [5.74, 6) is 0.598. The summed E-state index contributed by atoms with van der Waals surface area (Å²) in [5, 5.41) is 3.02. The number of anilines is 1. The van der Waals surface area contributed by atoms with Crippen LogP contribution in [0.15, 0.2) is 43.0 Å². The summed E-state index contributed by atoms with van der Waals surface area (Å²) >= 11 is 0. The number of piperidine rings is 1. The van der Waals surface area contributed by atoms with Gasteiger partial charge in [0.05, 0.1) is 6.54 Å². The quantitative estimate of drug-likeness (QED) is 0.728. The van der Waals surface area contributed by atoms with E-state index in [0.717, 1.165) is 31.6 Å². The van der Waals surface area contributed by atoms with Gasteiger partial charge in [-0.05, 0) is 37.4 Å². The van der Waals surface area contributed by atoms with Crippen molar-refractivity contribution in [3.05, 3.63) is 43.0 Å².